The first-order valence-corrected chi connectivity index (χ1v) is 8.56. The molecule has 3 heterocycles. The Hall–Kier alpha value is -0.650. The van der Waals surface area contributed by atoms with Crippen LogP contribution in [-0.4, -0.2) is 67.4 Å². The molecule has 0 aromatic rings. The minimum Gasteiger partial charge on any atom is -0.347 e. The summed E-state index contributed by atoms with van der Waals surface area (Å²) in [6, 6.07) is 0. The van der Waals surface area contributed by atoms with Crippen LogP contribution in [-0.2, 0) is 14.3 Å². The molecular formula is C16H28N2O3. The van der Waals surface area contributed by atoms with Gasteiger partial charge in [-0.2, -0.15) is 0 Å². The van der Waals surface area contributed by atoms with Crippen LogP contribution in [0, 0.1) is 0 Å². The molecule has 5 nitrogen and oxygen atoms in total. The smallest absolute Gasteiger partial charge is 0.236 e. The highest BCUT2D eigenvalue weighted by molar-refractivity contribution is 5.78. The van der Waals surface area contributed by atoms with Crippen molar-refractivity contribution in [2.24, 2.45) is 0 Å². The second-order valence-corrected chi connectivity index (χ2v) is 6.53. The van der Waals surface area contributed by atoms with E-state index in [0.717, 1.165) is 51.9 Å². The average molecular weight is 296 g/mol. The highest BCUT2D eigenvalue weighted by Gasteiger charge is 2.40. The van der Waals surface area contributed by atoms with Crippen molar-refractivity contribution in [3.05, 3.63) is 0 Å². The Kier molecular flexibility index (Phi) is 5.14. The fraction of sp³-hybridized carbons (Fsp3) is 0.938. The van der Waals surface area contributed by atoms with E-state index < -0.39 is 0 Å². The third kappa shape index (κ3) is 3.96. The van der Waals surface area contributed by atoms with Gasteiger partial charge in [0.05, 0.1) is 19.8 Å². The van der Waals surface area contributed by atoms with Gasteiger partial charge in [0.25, 0.3) is 0 Å². The van der Waals surface area contributed by atoms with Gasteiger partial charge in [0.1, 0.15) is 0 Å². The van der Waals surface area contributed by atoms with Crippen molar-refractivity contribution in [1.29, 1.82) is 0 Å². The number of piperidine rings is 1. The van der Waals surface area contributed by atoms with Gasteiger partial charge in [-0.05, 0) is 12.8 Å². The van der Waals surface area contributed by atoms with Crippen molar-refractivity contribution in [1.82, 2.24) is 9.80 Å². The Morgan fingerprint density at radius 1 is 0.857 bits per heavy atom. The first-order valence-electron chi connectivity index (χ1n) is 8.56. The Bertz CT molecular complexity index is 337. The molecule has 3 fully saturated rings. The summed E-state index contributed by atoms with van der Waals surface area (Å²) in [5, 5.41) is 0. The molecule has 0 saturated carbocycles. The molecule has 3 aliphatic rings. The number of amides is 1. The molecule has 0 aromatic carbocycles. The normalized spacial score (nSPS) is 27.5. The molecule has 21 heavy (non-hydrogen) atoms. The number of ether oxygens (including phenoxy) is 2. The van der Waals surface area contributed by atoms with E-state index in [2.05, 4.69) is 9.80 Å². The molecular weight excluding hydrogens is 268 g/mol. The first-order chi connectivity index (χ1) is 10.3. The maximum Gasteiger partial charge on any atom is 0.236 e. The zero-order valence-electron chi connectivity index (χ0n) is 13.0. The number of likely N-dealkylation sites (tertiary alicyclic amines) is 2. The van der Waals surface area contributed by atoms with E-state index >= 15 is 0 Å². The van der Waals surface area contributed by atoms with Crippen molar-refractivity contribution in [3.63, 3.8) is 0 Å². The largest absolute Gasteiger partial charge is 0.347 e. The van der Waals surface area contributed by atoms with Crippen LogP contribution < -0.4 is 0 Å². The van der Waals surface area contributed by atoms with Gasteiger partial charge in [-0.1, -0.05) is 19.3 Å². The molecule has 0 aliphatic carbocycles. The van der Waals surface area contributed by atoms with E-state index in [1.165, 1.54) is 19.3 Å². The van der Waals surface area contributed by atoms with Crippen molar-refractivity contribution in [3.8, 4) is 0 Å². The molecule has 1 spiro atoms. The van der Waals surface area contributed by atoms with Crippen LogP contribution in [0.15, 0.2) is 0 Å². The predicted octanol–water partition coefficient (Wildman–Crippen LogP) is 1.62. The lowest BCUT2D eigenvalue weighted by molar-refractivity contribution is -0.186. The Balaban J connectivity index is 1.44. The fourth-order valence-corrected chi connectivity index (χ4v) is 3.63. The van der Waals surface area contributed by atoms with Gasteiger partial charge >= 0.3 is 0 Å². The topological polar surface area (TPSA) is 42.0 Å². The van der Waals surface area contributed by atoms with Crippen LogP contribution in [0.2, 0.25) is 0 Å². The van der Waals surface area contributed by atoms with E-state index in [1.807, 2.05) is 0 Å². The maximum absolute atomic E-state index is 12.5. The highest BCUT2D eigenvalue weighted by atomic mass is 16.7. The number of hydrogen-bond donors (Lipinski definition) is 0. The van der Waals surface area contributed by atoms with Gasteiger partial charge in [-0.15, -0.1) is 0 Å². The SMILES string of the molecule is O=C(CN1CCC2(CC1)OCCO2)N1CCCCCCC1. The molecule has 0 bridgehead atoms. The molecule has 120 valence electrons. The average Bonchev–Trinajstić information content (AvgIpc) is 2.90. The summed E-state index contributed by atoms with van der Waals surface area (Å²) in [5.41, 5.74) is 0. The Morgan fingerprint density at radius 2 is 1.43 bits per heavy atom. The summed E-state index contributed by atoms with van der Waals surface area (Å²) >= 11 is 0. The summed E-state index contributed by atoms with van der Waals surface area (Å²) in [4.78, 5) is 16.8. The third-order valence-corrected chi connectivity index (χ3v) is 5.00. The molecule has 5 heteroatoms. The zero-order valence-corrected chi connectivity index (χ0v) is 13.0. The van der Waals surface area contributed by atoms with Crippen LogP contribution in [0.5, 0.6) is 0 Å². The Labute approximate surface area is 127 Å². The Morgan fingerprint density at radius 3 is 2.05 bits per heavy atom. The van der Waals surface area contributed by atoms with Gasteiger partial charge in [0.15, 0.2) is 5.79 Å². The van der Waals surface area contributed by atoms with Crippen LogP contribution in [0.1, 0.15) is 44.9 Å². The number of carbonyl (C=O) groups is 1. The van der Waals surface area contributed by atoms with Crippen LogP contribution in [0.4, 0.5) is 0 Å². The highest BCUT2D eigenvalue weighted by Crippen LogP contribution is 2.31. The van der Waals surface area contributed by atoms with Crippen LogP contribution >= 0.6 is 0 Å². The van der Waals surface area contributed by atoms with E-state index in [-0.39, 0.29) is 5.79 Å². The van der Waals surface area contributed by atoms with E-state index in [0.29, 0.717) is 25.7 Å². The monoisotopic (exact) mass is 296 g/mol. The molecule has 3 rings (SSSR count). The molecule has 0 atom stereocenters. The predicted molar refractivity (Wildman–Crippen MR) is 80.0 cm³/mol. The van der Waals surface area contributed by atoms with E-state index in [1.54, 1.807) is 0 Å². The lowest BCUT2D eigenvalue weighted by atomic mass is 10.0. The molecule has 0 unspecified atom stereocenters. The molecule has 1 amide bonds. The molecule has 0 aromatic heterocycles. The van der Waals surface area contributed by atoms with E-state index in [9.17, 15) is 4.79 Å². The summed E-state index contributed by atoms with van der Waals surface area (Å²) in [6.07, 6.45) is 7.97. The van der Waals surface area contributed by atoms with Crippen LogP contribution in [0.25, 0.3) is 0 Å². The fourth-order valence-electron chi connectivity index (χ4n) is 3.63. The van der Waals surface area contributed by atoms with Crippen molar-refractivity contribution in [2.45, 2.75) is 50.7 Å². The minimum atomic E-state index is -0.333. The van der Waals surface area contributed by atoms with Gasteiger partial charge in [0, 0.05) is 39.0 Å². The molecule has 3 saturated heterocycles. The minimum absolute atomic E-state index is 0.307. The summed E-state index contributed by atoms with van der Waals surface area (Å²) in [7, 11) is 0. The van der Waals surface area contributed by atoms with Crippen molar-refractivity contribution < 1.29 is 14.3 Å². The lowest BCUT2D eigenvalue weighted by Crippen LogP contribution is -2.49. The van der Waals surface area contributed by atoms with Crippen molar-refractivity contribution in [2.75, 3.05) is 45.9 Å². The standard InChI is InChI=1S/C16H28N2O3/c19-15(18-8-4-2-1-3-5-9-18)14-17-10-6-16(7-11-17)20-12-13-21-16/h1-14H2. The first kappa shape index (κ1) is 15.3. The third-order valence-electron chi connectivity index (χ3n) is 5.00. The number of rotatable bonds is 2. The quantitative estimate of drug-likeness (QED) is 0.776. The van der Waals surface area contributed by atoms with E-state index in [4.69, 9.17) is 9.47 Å². The van der Waals surface area contributed by atoms with Gasteiger partial charge in [0.2, 0.25) is 5.91 Å². The summed E-state index contributed by atoms with van der Waals surface area (Å²) in [6.45, 7) is 5.69. The molecule has 0 N–H and O–H groups in total. The summed E-state index contributed by atoms with van der Waals surface area (Å²) in [5.74, 6) is -0.0267. The van der Waals surface area contributed by atoms with Crippen LogP contribution in [0.3, 0.4) is 0 Å². The number of hydrogen-bond acceptors (Lipinski definition) is 4. The van der Waals surface area contributed by atoms with Gasteiger partial charge in [-0.25, -0.2) is 0 Å². The van der Waals surface area contributed by atoms with Crippen molar-refractivity contribution >= 4 is 5.91 Å². The molecule has 0 radical (unpaired) electrons. The second kappa shape index (κ2) is 7.07. The van der Waals surface area contributed by atoms with Gasteiger partial charge < -0.3 is 14.4 Å². The second-order valence-electron chi connectivity index (χ2n) is 6.53. The molecule has 3 aliphatic heterocycles. The zero-order chi connectivity index (χ0) is 14.5. The summed E-state index contributed by atoms with van der Waals surface area (Å²) < 4.78 is 11.5. The lowest BCUT2D eigenvalue weighted by Gasteiger charge is -2.38. The van der Waals surface area contributed by atoms with Gasteiger partial charge in [-0.3, -0.25) is 9.69 Å². The number of nitrogens with zero attached hydrogens (tertiary/aromatic N) is 2. The number of carbonyl (C=O) groups excluding carboxylic acids is 1. The maximum atomic E-state index is 12.5.